The van der Waals surface area contributed by atoms with Gasteiger partial charge in [0.15, 0.2) is 5.78 Å². The average molecular weight is 477 g/mol. The second-order valence-electron chi connectivity index (χ2n) is 10.5. The Balaban J connectivity index is 0.00000199. The van der Waals surface area contributed by atoms with Crippen LogP contribution in [0.1, 0.15) is 110 Å². The molecule has 1 saturated carbocycles. The minimum Gasteiger partial charge on any atom is -0.342 e. The van der Waals surface area contributed by atoms with Crippen LogP contribution in [0.15, 0.2) is 18.2 Å². The Hall–Kier alpha value is -2.24. The van der Waals surface area contributed by atoms with Crippen LogP contribution in [-0.4, -0.2) is 41.6 Å². The maximum absolute atomic E-state index is 15.5. The van der Waals surface area contributed by atoms with E-state index >= 15 is 4.39 Å². The number of carbonyl (C=O) groups is 3. The highest BCUT2D eigenvalue weighted by molar-refractivity contribution is 5.98. The lowest BCUT2D eigenvalue weighted by atomic mass is 9.82. The number of benzene rings is 1. The van der Waals surface area contributed by atoms with Gasteiger partial charge in [0, 0.05) is 25.8 Å². The number of nitrogens with one attached hydrogen (secondary N) is 1. The first kappa shape index (κ1) is 28.0. The van der Waals surface area contributed by atoms with E-state index in [1.54, 1.807) is 12.1 Å². The van der Waals surface area contributed by atoms with Gasteiger partial charge in [-0.05, 0) is 50.2 Å². The van der Waals surface area contributed by atoms with Crippen LogP contribution in [0.5, 0.6) is 0 Å². The minimum absolute atomic E-state index is 0. The number of halogens is 1. The van der Waals surface area contributed by atoms with E-state index in [0.29, 0.717) is 18.7 Å². The third-order valence-electron chi connectivity index (χ3n) is 6.91. The first-order chi connectivity index (χ1) is 16.1. The molecule has 1 aromatic rings. The molecule has 1 aliphatic heterocycles. The van der Waals surface area contributed by atoms with Crippen LogP contribution < -0.4 is 5.32 Å². The number of hydrogen-bond acceptors (Lipinski definition) is 3. The van der Waals surface area contributed by atoms with Crippen molar-refractivity contribution in [1.82, 2.24) is 10.2 Å². The Morgan fingerprint density at radius 1 is 1.06 bits per heavy atom. The smallest absolute Gasteiger partial charge is 0.254 e. The van der Waals surface area contributed by atoms with Gasteiger partial charge in [-0.2, -0.15) is 0 Å². The van der Waals surface area contributed by atoms with Gasteiger partial charge >= 0.3 is 0 Å². The molecule has 1 aromatic carbocycles. The van der Waals surface area contributed by atoms with Crippen molar-refractivity contribution in [3.63, 3.8) is 0 Å². The summed E-state index contributed by atoms with van der Waals surface area (Å²) in [7, 11) is 0. The van der Waals surface area contributed by atoms with Gasteiger partial charge in [0.2, 0.25) is 5.91 Å². The molecule has 0 aromatic heterocycles. The van der Waals surface area contributed by atoms with Gasteiger partial charge < -0.3 is 10.2 Å². The molecule has 2 amide bonds. The molecule has 5 nitrogen and oxygen atoms in total. The van der Waals surface area contributed by atoms with E-state index in [2.05, 4.69) is 5.32 Å². The molecule has 2 aliphatic rings. The Morgan fingerprint density at radius 2 is 1.71 bits per heavy atom. The molecule has 34 heavy (non-hydrogen) atoms. The lowest BCUT2D eigenvalue weighted by Gasteiger charge is -2.37. The van der Waals surface area contributed by atoms with Crippen LogP contribution in [-0.2, 0) is 9.59 Å². The van der Waals surface area contributed by atoms with Gasteiger partial charge in [-0.1, -0.05) is 66.0 Å². The molecule has 6 heteroatoms. The summed E-state index contributed by atoms with van der Waals surface area (Å²) in [6.45, 7) is 12.3. The molecular weight excluding hydrogens is 431 g/mol. The van der Waals surface area contributed by atoms with E-state index in [1.165, 1.54) is 13.0 Å². The highest BCUT2D eigenvalue weighted by Crippen LogP contribution is 2.32. The Morgan fingerprint density at radius 3 is 2.29 bits per heavy atom. The van der Waals surface area contributed by atoms with Crippen LogP contribution in [0.3, 0.4) is 0 Å². The first-order valence-corrected chi connectivity index (χ1v) is 13.0. The van der Waals surface area contributed by atoms with Crippen molar-refractivity contribution < 1.29 is 20.2 Å². The number of carbonyl (C=O) groups excluding carboxylic acids is 3. The summed E-state index contributed by atoms with van der Waals surface area (Å²) in [4.78, 5) is 39.8. The normalized spacial score (nSPS) is 20.1. The van der Waals surface area contributed by atoms with Crippen molar-refractivity contribution in [2.24, 2.45) is 11.3 Å². The van der Waals surface area contributed by atoms with Crippen molar-refractivity contribution in [2.45, 2.75) is 98.4 Å². The number of amides is 2. The topological polar surface area (TPSA) is 66.5 Å². The Bertz CT molecular complexity index is 862. The molecular formula is C28H45FN2O3. The van der Waals surface area contributed by atoms with Crippen LogP contribution >= 0.6 is 0 Å². The van der Waals surface area contributed by atoms with Crippen LogP contribution in [0.4, 0.5) is 4.39 Å². The lowest BCUT2D eigenvalue weighted by molar-refractivity contribution is -0.140. The van der Waals surface area contributed by atoms with Crippen molar-refractivity contribution >= 4 is 17.6 Å². The van der Waals surface area contributed by atoms with Crippen LogP contribution in [0.25, 0.3) is 0 Å². The van der Waals surface area contributed by atoms with Crippen LogP contribution in [0, 0.1) is 17.2 Å². The Labute approximate surface area is 206 Å². The van der Waals surface area contributed by atoms with E-state index in [1.807, 2.05) is 39.5 Å². The molecule has 1 saturated heterocycles. The molecule has 3 rings (SSSR count). The van der Waals surface area contributed by atoms with Gasteiger partial charge in [-0.25, -0.2) is 4.39 Å². The quantitative estimate of drug-likeness (QED) is 0.557. The summed E-state index contributed by atoms with van der Waals surface area (Å²) in [5.41, 5.74) is -0.0341. The largest absolute Gasteiger partial charge is 0.342 e. The van der Waals surface area contributed by atoms with E-state index < -0.39 is 23.2 Å². The number of piperidine rings is 1. The Kier molecular flexibility index (Phi) is 10.3. The molecule has 1 heterocycles. The molecule has 1 unspecified atom stereocenters. The van der Waals surface area contributed by atoms with E-state index in [-0.39, 0.29) is 30.5 Å². The second-order valence-corrected chi connectivity index (χ2v) is 10.5. The molecule has 192 valence electrons. The van der Waals surface area contributed by atoms with E-state index in [0.717, 1.165) is 44.9 Å². The van der Waals surface area contributed by atoms with Gasteiger partial charge in [0.25, 0.3) is 5.91 Å². The zero-order valence-electron chi connectivity index (χ0n) is 21.9. The number of hydrogen-bond donors (Lipinski definition) is 1. The number of nitrogens with zero attached hydrogens (tertiary/aromatic N) is 1. The summed E-state index contributed by atoms with van der Waals surface area (Å²) in [6.07, 6.45) is 6.66. The summed E-state index contributed by atoms with van der Waals surface area (Å²) in [5, 5.41) is 2.83. The van der Waals surface area contributed by atoms with Crippen LogP contribution in [0.2, 0.25) is 0 Å². The molecule has 0 bridgehead atoms. The number of likely N-dealkylation sites (tertiary alicyclic amines) is 1. The number of ketones is 1. The monoisotopic (exact) mass is 476 g/mol. The average Bonchev–Trinajstić information content (AvgIpc) is 2.83. The lowest BCUT2D eigenvalue weighted by Crippen LogP contribution is -2.46. The number of Topliss-reactive ketones (excluding diaryl/α,β-unsaturated/α-hetero) is 1. The van der Waals surface area contributed by atoms with Gasteiger partial charge in [-0.3, -0.25) is 14.4 Å². The maximum Gasteiger partial charge on any atom is 0.254 e. The predicted molar refractivity (Wildman–Crippen MR) is 136 cm³/mol. The highest BCUT2D eigenvalue weighted by Gasteiger charge is 2.34. The number of rotatable bonds is 5. The summed E-state index contributed by atoms with van der Waals surface area (Å²) in [5.74, 6) is -1.12. The van der Waals surface area contributed by atoms with Gasteiger partial charge in [0.1, 0.15) is 5.82 Å². The van der Waals surface area contributed by atoms with Crippen molar-refractivity contribution in [2.75, 3.05) is 13.1 Å². The predicted octanol–water partition coefficient (Wildman–Crippen LogP) is 6.12. The maximum atomic E-state index is 15.5. The van der Waals surface area contributed by atoms with Crippen molar-refractivity contribution in [3.05, 3.63) is 35.1 Å². The zero-order chi connectivity index (χ0) is 25.5. The minimum atomic E-state index is -0.569. The molecule has 0 spiro atoms. The van der Waals surface area contributed by atoms with Crippen molar-refractivity contribution in [1.29, 1.82) is 0 Å². The highest BCUT2D eigenvalue weighted by atomic mass is 19.1. The zero-order valence-corrected chi connectivity index (χ0v) is 21.9. The summed E-state index contributed by atoms with van der Waals surface area (Å²) >= 11 is 0. The third kappa shape index (κ3) is 6.89. The van der Waals surface area contributed by atoms with E-state index in [9.17, 15) is 14.4 Å². The molecule has 0 radical (unpaired) electrons. The molecule has 1 aliphatic carbocycles. The van der Waals surface area contributed by atoms with E-state index in [4.69, 9.17) is 0 Å². The summed E-state index contributed by atoms with van der Waals surface area (Å²) < 4.78 is 15.5. The molecule has 2 fully saturated rings. The fourth-order valence-electron chi connectivity index (χ4n) is 5.17. The fraction of sp³-hybridized carbons (Fsp3) is 0.679. The SMILES string of the molecule is CC.CC(=O)[C@H](NC(=O)c1cccc(C2CCCN(C(=O)C(C)(C)C)C2)c1F)C1CCCCC1.[HH]. The third-order valence-corrected chi connectivity index (χ3v) is 6.91. The van der Waals surface area contributed by atoms with Crippen molar-refractivity contribution in [3.8, 4) is 0 Å². The van der Waals surface area contributed by atoms with Gasteiger partial charge in [0.05, 0.1) is 11.6 Å². The standard InChI is InChI=1S/C26H37FN2O3.C2H6.H2/c1-17(30)23(18-10-6-5-7-11-18)28-24(31)21-14-8-13-20(22(21)27)19-12-9-15-29(16-19)25(32)26(2,3)4;1-2;/h8,13-14,18-19,23H,5-7,9-12,15-16H2,1-4H3,(H,28,31);1-2H3;1H/t19?,23-;;/m0../s1. The first-order valence-electron chi connectivity index (χ1n) is 13.0. The second kappa shape index (κ2) is 12.5. The van der Waals surface area contributed by atoms with Gasteiger partial charge in [-0.15, -0.1) is 0 Å². The molecule has 1 N–H and O–H groups in total. The fourth-order valence-corrected chi connectivity index (χ4v) is 5.17. The summed E-state index contributed by atoms with van der Waals surface area (Å²) in [6, 6.07) is 4.32. The molecule has 2 atom stereocenters.